The highest BCUT2D eigenvalue weighted by molar-refractivity contribution is 6.01. The van der Waals surface area contributed by atoms with Crippen LogP contribution in [-0.2, 0) is 9.59 Å². The molecule has 1 aliphatic rings. The largest absolute Gasteiger partial charge is 0.311 e. The number of anilines is 1. The molecule has 102 valence electrons. The summed E-state index contributed by atoms with van der Waals surface area (Å²) < 4.78 is 0. The lowest BCUT2D eigenvalue weighted by Crippen LogP contribution is -2.37. The third-order valence-electron chi connectivity index (χ3n) is 3.54. The molecule has 1 aromatic rings. The van der Waals surface area contributed by atoms with Gasteiger partial charge in [0.05, 0.1) is 5.92 Å². The van der Waals surface area contributed by atoms with Gasteiger partial charge in [-0.25, -0.2) is 5.84 Å². The van der Waals surface area contributed by atoms with Gasteiger partial charge in [0, 0.05) is 18.7 Å². The second-order valence-corrected chi connectivity index (χ2v) is 5.16. The first-order valence-electron chi connectivity index (χ1n) is 6.32. The van der Waals surface area contributed by atoms with E-state index >= 15 is 0 Å². The van der Waals surface area contributed by atoms with Crippen molar-refractivity contribution in [3.05, 3.63) is 28.8 Å². The van der Waals surface area contributed by atoms with Crippen molar-refractivity contribution in [2.24, 2.45) is 11.8 Å². The summed E-state index contributed by atoms with van der Waals surface area (Å²) in [5, 5.41) is 0. The molecule has 19 heavy (non-hydrogen) atoms. The van der Waals surface area contributed by atoms with Crippen LogP contribution < -0.4 is 16.2 Å². The summed E-state index contributed by atoms with van der Waals surface area (Å²) in [4.78, 5) is 25.3. The third-order valence-corrected chi connectivity index (χ3v) is 3.54. The summed E-state index contributed by atoms with van der Waals surface area (Å²) in [6.07, 6.45) is 0.218. The standard InChI is InChI=1S/C14H19N3O2/c1-8-4-9(2)13(10(3)5-8)17-7-11(6-12(17)18)14(19)16-15/h4-5,11H,6-7,15H2,1-3H3,(H,16,19). The van der Waals surface area contributed by atoms with Crippen molar-refractivity contribution in [2.75, 3.05) is 11.4 Å². The Morgan fingerprint density at radius 2 is 1.89 bits per heavy atom. The van der Waals surface area contributed by atoms with Crippen LogP contribution in [0.3, 0.4) is 0 Å². The highest BCUT2D eigenvalue weighted by atomic mass is 16.2. The number of hydrazine groups is 1. The summed E-state index contributed by atoms with van der Waals surface area (Å²) in [5.41, 5.74) is 6.32. The molecule has 1 fully saturated rings. The number of hydrogen-bond donors (Lipinski definition) is 2. The molecular weight excluding hydrogens is 242 g/mol. The Kier molecular flexibility index (Phi) is 3.57. The summed E-state index contributed by atoms with van der Waals surface area (Å²) in [6.45, 7) is 6.39. The van der Waals surface area contributed by atoms with Crippen molar-refractivity contribution in [1.82, 2.24) is 5.43 Å². The van der Waals surface area contributed by atoms with Crippen LogP contribution in [0.2, 0.25) is 0 Å². The van der Waals surface area contributed by atoms with Gasteiger partial charge in [-0.1, -0.05) is 17.7 Å². The molecule has 1 saturated heterocycles. The number of aryl methyl sites for hydroxylation is 3. The predicted molar refractivity (Wildman–Crippen MR) is 73.4 cm³/mol. The van der Waals surface area contributed by atoms with E-state index in [0.717, 1.165) is 16.8 Å². The van der Waals surface area contributed by atoms with E-state index in [1.807, 2.05) is 32.9 Å². The van der Waals surface area contributed by atoms with Gasteiger partial charge in [0.1, 0.15) is 0 Å². The number of nitrogens with two attached hydrogens (primary N) is 1. The lowest BCUT2D eigenvalue weighted by atomic mass is 10.0. The Morgan fingerprint density at radius 3 is 2.42 bits per heavy atom. The van der Waals surface area contributed by atoms with Crippen molar-refractivity contribution in [2.45, 2.75) is 27.2 Å². The first kappa shape index (κ1) is 13.5. The zero-order chi connectivity index (χ0) is 14.2. The number of amides is 2. The molecule has 0 bridgehead atoms. The van der Waals surface area contributed by atoms with Gasteiger partial charge in [0.25, 0.3) is 0 Å². The molecular formula is C14H19N3O2. The average molecular weight is 261 g/mol. The fourth-order valence-corrected chi connectivity index (χ4v) is 2.82. The first-order valence-corrected chi connectivity index (χ1v) is 6.32. The van der Waals surface area contributed by atoms with Gasteiger partial charge >= 0.3 is 0 Å². The van der Waals surface area contributed by atoms with Crippen LogP contribution in [0.5, 0.6) is 0 Å². The lowest BCUT2D eigenvalue weighted by molar-refractivity contribution is -0.126. The quantitative estimate of drug-likeness (QED) is 0.473. The van der Waals surface area contributed by atoms with Crippen molar-refractivity contribution in [3.8, 4) is 0 Å². The Morgan fingerprint density at radius 1 is 1.32 bits per heavy atom. The second-order valence-electron chi connectivity index (χ2n) is 5.16. The Labute approximate surface area is 112 Å². The van der Waals surface area contributed by atoms with Crippen molar-refractivity contribution in [1.29, 1.82) is 0 Å². The average Bonchev–Trinajstić information content (AvgIpc) is 2.69. The normalized spacial score (nSPS) is 18.8. The summed E-state index contributed by atoms with van der Waals surface area (Å²) in [5.74, 6) is 4.46. The SMILES string of the molecule is Cc1cc(C)c(N2CC(C(=O)NN)CC2=O)c(C)c1. The molecule has 0 spiro atoms. The van der Waals surface area contributed by atoms with E-state index in [9.17, 15) is 9.59 Å². The minimum Gasteiger partial charge on any atom is -0.311 e. The molecule has 1 atom stereocenters. The van der Waals surface area contributed by atoms with E-state index < -0.39 is 0 Å². The first-order chi connectivity index (χ1) is 8.93. The zero-order valence-electron chi connectivity index (χ0n) is 11.5. The van der Waals surface area contributed by atoms with E-state index in [-0.39, 0.29) is 24.2 Å². The van der Waals surface area contributed by atoms with Gasteiger partial charge in [-0.05, 0) is 31.9 Å². The summed E-state index contributed by atoms with van der Waals surface area (Å²) in [7, 11) is 0. The number of rotatable bonds is 2. The Bertz CT molecular complexity index is 516. The maximum Gasteiger partial charge on any atom is 0.239 e. The summed E-state index contributed by atoms with van der Waals surface area (Å²) >= 11 is 0. The van der Waals surface area contributed by atoms with Gasteiger partial charge in [-0.2, -0.15) is 0 Å². The van der Waals surface area contributed by atoms with E-state index in [0.29, 0.717) is 6.54 Å². The predicted octanol–water partition coefficient (Wildman–Crippen LogP) is 0.955. The van der Waals surface area contributed by atoms with E-state index in [4.69, 9.17) is 5.84 Å². The minimum absolute atomic E-state index is 0.0244. The molecule has 1 aromatic carbocycles. The highest BCUT2D eigenvalue weighted by Gasteiger charge is 2.35. The van der Waals surface area contributed by atoms with E-state index in [1.165, 1.54) is 5.56 Å². The minimum atomic E-state index is -0.363. The van der Waals surface area contributed by atoms with Crippen LogP contribution >= 0.6 is 0 Å². The van der Waals surface area contributed by atoms with E-state index in [2.05, 4.69) is 5.43 Å². The van der Waals surface area contributed by atoms with Gasteiger partial charge in [0.2, 0.25) is 11.8 Å². The lowest BCUT2D eigenvalue weighted by Gasteiger charge is -2.22. The molecule has 2 amide bonds. The Balaban J connectivity index is 2.33. The number of nitrogens with zero attached hydrogens (tertiary/aromatic N) is 1. The number of hydrogen-bond acceptors (Lipinski definition) is 3. The molecule has 1 unspecified atom stereocenters. The molecule has 1 heterocycles. The monoisotopic (exact) mass is 261 g/mol. The fraction of sp³-hybridized carbons (Fsp3) is 0.429. The van der Waals surface area contributed by atoms with Crippen molar-refractivity contribution >= 4 is 17.5 Å². The second kappa shape index (κ2) is 5.01. The number of nitrogens with one attached hydrogen (secondary N) is 1. The number of carbonyl (C=O) groups excluding carboxylic acids is 2. The number of carbonyl (C=O) groups is 2. The number of benzene rings is 1. The molecule has 0 aliphatic carbocycles. The molecule has 2 rings (SSSR count). The van der Waals surface area contributed by atoms with Crippen LogP contribution in [0.15, 0.2) is 12.1 Å². The van der Waals surface area contributed by atoms with Gasteiger partial charge in [0.15, 0.2) is 0 Å². The topological polar surface area (TPSA) is 75.4 Å². The summed E-state index contributed by atoms with van der Waals surface area (Å²) in [6, 6.07) is 4.10. The van der Waals surface area contributed by atoms with Crippen LogP contribution in [0.4, 0.5) is 5.69 Å². The molecule has 3 N–H and O–H groups in total. The third kappa shape index (κ3) is 2.46. The molecule has 5 nitrogen and oxygen atoms in total. The van der Waals surface area contributed by atoms with Crippen LogP contribution in [0, 0.1) is 26.7 Å². The molecule has 0 aromatic heterocycles. The van der Waals surface area contributed by atoms with Gasteiger partial charge < -0.3 is 4.90 Å². The molecule has 5 heteroatoms. The molecule has 1 aliphatic heterocycles. The molecule has 0 radical (unpaired) electrons. The fourth-order valence-electron chi connectivity index (χ4n) is 2.82. The van der Waals surface area contributed by atoms with Crippen molar-refractivity contribution in [3.63, 3.8) is 0 Å². The zero-order valence-corrected chi connectivity index (χ0v) is 11.5. The van der Waals surface area contributed by atoms with Gasteiger partial charge in [-0.15, -0.1) is 0 Å². The van der Waals surface area contributed by atoms with Crippen LogP contribution in [0.1, 0.15) is 23.1 Å². The van der Waals surface area contributed by atoms with Crippen LogP contribution in [0.25, 0.3) is 0 Å². The van der Waals surface area contributed by atoms with E-state index in [1.54, 1.807) is 4.90 Å². The van der Waals surface area contributed by atoms with Gasteiger partial charge in [-0.3, -0.25) is 15.0 Å². The highest BCUT2D eigenvalue weighted by Crippen LogP contribution is 2.31. The maximum absolute atomic E-state index is 12.1. The van der Waals surface area contributed by atoms with Crippen LogP contribution in [-0.4, -0.2) is 18.4 Å². The maximum atomic E-state index is 12.1. The smallest absolute Gasteiger partial charge is 0.239 e. The molecule has 0 saturated carbocycles. The van der Waals surface area contributed by atoms with Crippen molar-refractivity contribution < 1.29 is 9.59 Å². The Hall–Kier alpha value is -1.88.